The number of fused-ring (bicyclic) bond motifs is 4. The zero-order chi connectivity index (χ0) is 53.3. The first kappa shape index (κ1) is 50.7. The van der Waals surface area contributed by atoms with Gasteiger partial charge in [-0.1, -0.05) is 217 Å². The Hall–Kier alpha value is -7.47. The maximum absolute atomic E-state index is 5.26. The molecule has 4 nitrogen and oxygen atoms in total. The monoisotopic (exact) mass is 1010 g/mol. The van der Waals surface area contributed by atoms with Crippen molar-refractivity contribution in [2.45, 2.75) is 112 Å². The van der Waals surface area contributed by atoms with E-state index in [4.69, 9.17) is 4.98 Å². The number of anilines is 4. The fourth-order valence-electron chi connectivity index (χ4n) is 12.1. The summed E-state index contributed by atoms with van der Waals surface area (Å²) in [5.41, 5.74) is 16.5. The van der Waals surface area contributed by atoms with Crippen LogP contribution in [0, 0.1) is 0 Å². The second-order valence-corrected chi connectivity index (χ2v) is 28.1. The van der Waals surface area contributed by atoms with Gasteiger partial charge < -0.3 is 9.80 Å². The number of hydrogen-bond acceptors (Lipinski definition) is 3. The van der Waals surface area contributed by atoms with Crippen LogP contribution in [0.1, 0.15) is 129 Å². The van der Waals surface area contributed by atoms with E-state index in [2.05, 4.69) is 292 Å². The SMILES string of the molecule is CC(C)c1cc(N2CN(c3cccc(C(C)(C)C)c3)c3ccc(C(C)(C)C)cc32)cc([Si](c2ccccc2)(c2ccccc2)c2ccc3c4ccccc4n(-c4cc(-c5c(C(C)C)cccc5C(C)C)ccn4)c3c2)c1. The molecule has 0 unspecified atom stereocenters. The highest BCUT2D eigenvalue weighted by atomic mass is 28.3. The van der Waals surface area contributed by atoms with Gasteiger partial charge in [-0.25, -0.2) is 4.98 Å². The van der Waals surface area contributed by atoms with Crippen LogP contribution in [0.25, 0.3) is 38.8 Å². The lowest BCUT2D eigenvalue weighted by Crippen LogP contribution is -2.74. The topological polar surface area (TPSA) is 24.3 Å². The van der Waals surface area contributed by atoms with E-state index in [0.29, 0.717) is 18.5 Å². The zero-order valence-electron chi connectivity index (χ0n) is 46.8. The Morgan fingerprint density at radius 1 is 0.434 bits per heavy atom. The van der Waals surface area contributed by atoms with Crippen LogP contribution < -0.4 is 30.5 Å². The van der Waals surface area contributed by atoms with Gasteiger partial charge in [-0.15, -0.1) is 0 Å². The molecule has 0 radical (unpaired) electrons. The Kier molecular flexibility index (Phi) is 13.1. The highest BCUT2D eigenvalue weighted by Gasteiger charge is 2.43. The smallest absolute Gasteiger partial charge is 0.179 e. The van der Waals surface area contributed by atoms with Crippen molar-refractivity contribution in [1.82, 2.24) is 9.55 Å². The van der Waals surface area contributed by atoms with Gasteiger partial charge in [0, 0.05) is 28.3 Å². The van der Waals surface area contributed by atoms with Gasteiger partial charge in [0.05, 0.1) is 22.4 Å². The van der Waals surface area contributed by atoms with Gasteiger partial charge in [-0.05, 0) is 149 Å². The minimum absolute atomic E-state index is 0.0207. The molecule has 0 saturated carbocycles. The van der Waals surface area contributed by atoms with Gasteiger partial charge in [0.1, 0.15) is 12.5 Å². The third kappa shape index (κ3) is 8.86. The van der Waals surface area contributed by atoms with Crippen molar-refractivity contribution in [2.24, 2.45) is 0 Å². The maximum atomic E-state index is 5.26. The third-order valence-electron chi connectivity index (χ3n) is 16.2. The van der Waals surface area contributed by atoms with E-state index in [-0.39, 0.29) is 16.7 Å². The molecule has 2 aromatic heterocycles. The minimum Gasteiger partial charge on any atom is -0.321 e. The standard InChI is InChI=1S/C71H74N4Si/c1-47(2)51-39-55(74-46-73(54-24-21-23-52(42-54)70(7,8)9)65-36-33-53(43-67(65)74)71(10,11)12)44-59(40-51)76(56-25-15-13-16-26-56,57-27-17-14-18-28-57)58-34-35-63-62-29-19-20-32-64(62)75(66(63)45-58)68-41-50(37-38-72-68)69-60(48(3)4)30-22-31-61(69)49(5)6/h13-45,47-49H,46H2,1-12H3. The summed E-state index contributed by atoms with van der Waals surface area (Å²) in [7, 11) is -3.17. The van der Waals surface area contributed by atoms with Gasteiger partial charge in [0.15, 0.2) is 8.07 Å². The molecular formula is C71H74N4Si. The van der Waals surface area contributed by atoms with Gasteiger partial charge in [-0.3, -0.25) is 4.57 Å². The van der Waals surface area contributed by atoms with Crippen LogP contribution >= 0.6 is 0 Å². The molecule has 0 bridgehead atoms. The molecule has 0 amide bonds. The molecule has 382 valence electrons. The Bertz CT molecular complexity index is 3690. The first-order chi connectivity index (χ1) is 36.4. The van der Waals surface area contributed by atoms with Crippen LogP contribution in [0.5, 0.6) is 0 Å². The lowest BCUT2D eigenvalue weighted by atomic mass is 9.85. The van der Waals surface area contributed by atoms with Crippen molar-refractivity contribution >= 4 is 73.4 Å². The first-order valence-electron chi connectivity index (χ1n) is 27.6. The summed E-state index contributed by atoms with van der Waals surface area (Å²) in [5, 5.41) is 7.82. The fourth-order valence-corrected chi connectivity index (χ4v) is 16.9. The zero-order valence-corrected chi connectivity index (χ0v) is 47.8. The number of pyridine rings is 1. The van der Waals surface area contributed by atoms with Crippen molar-refractivity contribution in [3.63, 3.8) is 0 Å². The Balaban J connectivity index is 1.18. The lowest BCUT2D eigenvalue weighted by Gasteiger charge is -2.36. The van der Waals surface area contributed by atoms with Crippen LogP contribution in [0.15, 0.2) is 200 Å². The van der Waals surface area contributed by atoms with Crippen LogP contribution in [0.4, 0.5) is 22.7 Å². The highest BCUT2D eigenvalue weighted by molar-refractivity contribution is 7.20. The quantitative estimate of drug-likeness (QED) is 0.0953. The van der Waals surface area contributed by atoms with Gasteiger partial charge in [-0.2, -0.15) is 0 Å². The molecule has 3 heterocycles. The molecule has 10 aromatic rings. The average molecular weight is 1010 g/mol. The summed E-state index contributed by atoms with van der Waals surface area (Å²) in [4.78, 5) is 10.4. The molecule has 1 aliphatic rings. The number of aromatic nitrogens is 2. The Morgan fingerprint density at radius 2 is 1.04 bits per heavy atom. The van der Waals surface area contributed by atoms with Crippen LogP contribution in [0.2, 0.25) is 0 Å². The molecular weight excluding hydrogens is 937 g/mol. The van der Waals surface area contributed by atoms with Crippen LogP contribution in [-0.2, 0) is 10.8 Å². The summed E-state index contributed by atoms with van der Waals surface area (Å²) in [6, 6.07) is 74.6. The number of benzene rings is 8. The summed E-state index contributed by atoms with van der Waals surface area (Å²) in [5.74, 6) is 1.94. The average Bonchev–Trinajstić information content (AvgIpc) is 3.98. The molecule has 0 atom stereocenters. The fraction of sp³-hybridized carbons (Fsp3) is 0.254. The van der Waals surface area contributed by atoms with E-state index in [1.165, 1.54) is 93.2 Å². The van der Waals surface area contributed by atoms with E-state index >= 15 is 0 Å². The Labute approximate surface area is 453 Å². The maximum Gasteiger partial charge on any atom is 0.179 e. The minimum atomic E-state index is -3.17. The van der Waals surface area contributed by atoms with Gasteiger partial charge in [0.25, 0.3) is 0 Å². The number of rotatable bonds is 11. The predicted octanol–water partition coefficient (Wildman–Crippen LogP) is 16.4. The number of hydrogen-bond donors (Lipinski definition) is 0. The largest absolute Gasteiger partial charge is 0.321 e. The molecule has 1 aliphatic heterocycles. The van der Waals surface area contributed by atoms with Crippen LogP contribution in [0.3, 0.4) is 0 Å². The summed E-state index contributed by atoms with van der Waals surface area (Å²) in [6.45, 7) is 28.5. The van der Waals surface area contributed by atoms with Crippen molar-refractivity contribution in [1.29, 1.82) is 0 Å². The lowest BCUT2D eigenvalue weighted by molar-refractivity contribution is 0.590. The molecule has 76 heavy (non-hydrogen) atoms. The second kappa shape index (κ2) is 19.6. The third-order valence-corrected chi connectivity index (χ3v) is 21.0. The summed E-state index contributed by atoms with van der Waals surface area (Å²) >= 11 is 0. The van der Waals surface area contributed by atoms with E-state index in [1.54, 1.807) is 0 Å². The van der Waals surface area contributed by atoms with Gasteiger partial charge in [0.2, 0.25) is 0 Å². The molecule has 0 spiro atoms. The summed E-state index contributed by atoms with van der Waals surface area (Å²) < 4.78 is 2.44. The van der Waals surface area contributed by atoms with E-state index in [1.807, 2.05) is 6.20 Å². The van der Waals surface area contributed by atoms with Crippen molar-refractivity contribution in [3.05, 3.63) is 228 Å². The number of para-hydroxylation sites is 1. The van der Waals surface area contributed by atoms with E-state index < -0.39 is 8.07 Å². The van der Waals surface area contributed by atoms with Crippen LogP contribution in [-0.4, -0.2) is 24.3 Å². The van der Waals surface area contributed by atoms with Crippen molar-refractivity contribution in [2.75, 3.05) is 16.5 Å². The molecule has 8 aromatic carbocycles. The predicted molar refractivity (Wildman–Crippen MR) is 329 cm³/mol. The molecule has 5 heteroatoms. The van der Waals surface area contributed by atoms with Crippen molar-refractivity contribution < 1.29 is 0 Å². The molecule has 0 saturated heterocycles. The molecule has 11 rings (SSSR count). The molecule has 0 fully saturated rings. The Morgan fingerprint density at radius 3 is 1.68 bits per heavy atom. The van der Waals surface area contributed by atoms with E-state index in [9.17, 15) is 0 Å². The second-order valence-electron chi connectivity index (χ2n) is 24.3. The first-order valence-corrected chi connectivity index (χ1v) is 29.6. The molecule has 0 aliphatic carbocycles. The van der Waals surface area contributed by atoms with Gasteiger partial charge >= 0.3 is 0 Å². The van der Waals surface area contributed by atoms with Crippen molar-refractivity contribution in [3.8, 4) is 16.9 Å². The summed E-state index contributed by atoms with van der Waals surface area (Å²) in [6.07, 6.45) is 2.02. The highest BCUT2D eigenvalue weighted by Crippen LogP contribution is 2.47. The normalized spacial score (nSPS) is 13.2. The molecule has 0 N–H and O–H groups in total. The van der Waals surface area contributed by atoms with E-state index in [0.717, 1.165) is 16.9 Å². The number of nitrogens with zero attached hydrogens (tertiary/aromatic N) is 4.